The van der Waals surface area contributed by atoms with Gasteiger partial charge < -0.3 is 10.6 Å². The number of likely N-dealkylation sites (N-methyl/N-ethyl adjacent to an activating group) is 1. The number of anilines is 1. The first-order chi connectivity index (χ1) is 6.56. The van der Waals surface area contributed by atoms with Gasteiger partial charge in [-0.15, -0.1) is 0 Å². The van der Waals surface area contributed by atoms with E-state index in [4.69, 9.17) is 0 Å². The third-order valence-electron chi connectivity index (χ3n) is 2.11. The molecule has 0 spiro atoms. The van der Waals surface area contributed by atoms with Gasteiger partial charge in [-0.25, -0.2) is 0 Å². The smallest absolute Gasteiger partial charge is 0.244 e. The number of carbonyl (C=O) groups is 1. The maximum absolute atomic E-state index is 11.7. The molecule has 0 aromatic carbocycles. The lowest BCUT2D eigenvalue weighted by atomic mass is 10.1. The molecule has 4 heteroatoms. The molecule has 4 nitrogen and oxygen atoms in total. The Morgan fingerprint density at radius 2 is 2.21 bits per heavy atom. The summed E-state index contributed by atoms with van der Waals surface area (Å²) in [6, 6.07) is 3.58. The van der Waals surface area contributed by atoms with Crippen molar-refractivity contribution in [1.82, 2.24) is 10.3 Å². The Kier molecular flexibility index (Phi) is 3.19. The number of nitrogens with zero attached hydrogens (tertiary/aromatic N) is 1. The fourth-order valence-corrected chi connectivity index (χ4v) is 0.838. The number of nitrogens with one attached hydrogen (secondary N) is 2. The highest BCUT2D eigenvalue weighted by Crippen LogP contribution is 2.08. The van der Waals surface area contributed by atoms with Gasteiger partial charge >= 0.3 is 0 Å². The lowest BCUT2D eigenvalue weighted by Crippen LogP contribution is -2.47. The van der Waals surface area contributed by atoms with Gasteiger partial charge in [-0.2, -0.15) is 0 Å². The Hall–Kier alpha value is -1.42. The molecule has 1 heterocycles. The van der Waals surface area contributed by atoms with Crippen molar-refractivity contribution in [2.75, 3.05) is 12.4 Å². The highest BCUT2D eigenvalue weighted by atomic mass is 16.2. The monoisotopic (exact) mass is 193 g/mol. The van der Waals surface area contributed by atoms with Gasteiger partial charge in [0.15, 0.2) is 0 Å². The number of hydrogen-bond acceptors (Lipinski definition) is 3. The lowest BCUT2D eigenvalue weighted by molar-refractivity contribution is -0.121. The minimum Gasteiger partial charge on any atom is -0.323 e. The summed E-state index contributed by atoms with van der Waals surface area (Å²) in [6.07, 6.45) is 3.28. The summed E-state index contributed by atoms with van der Waals surface area (Å²) in [5.74, 6) is -0.0759. The summed E-state index contributed by atoms with van der Waals surface area (Å²) >= 11 is 0. The van der Waals surface area contributed by atoms with Crippen LogP contribution >= 0.6 is 0 Å². The zero-order valence-corrected chi connectivity index (χ0v) is 8.66. The Morgan fingerprint density at radius 3 is 2.71 bits per heavy atom. The van der Waals surface area contributed by atoms with Crippen molar-refractivity contribution in [2.24, 2.45) is 0 Å². The molecule has 1 aromatic rings. The standard InChI is InChI=1S/C10H15N3O/c1-10(2,11-3)9(14)13-8-5-4-6-12-7-8/h4-7,11H,1-3H3,(H,13,14). The van der Waals surface area contributed by atoms with Crippen LogP contribution in [0.2, 0.25) is 0 Å². The molecule has 0 aliphatic rings. The summed E-state index contributed by atoms with van der Waals surface area (Å²) in [5, 5.41) is 5.70. The van der Waals surface area contributed by atoms with Gasteiger partial charge in [0.05, 0.1) is 17.4 Å². The molecule has 14 heavy (non-hydrogen) atoms. The first-order valence-corrected chi connectivity index (χ1v) is 4.46. The summed E-state index contributed by atoms with van der Waals surface area (Å²) in [4.78, 5) is 15.6. The molecule has 0 saturated carbocycles. The van der Waals surface area contributed by atoms with Crippen molar-refractivity contribution in [1.29, 1.82) is 0 Å². The van der Waals surface area contributed by atoms with Gasteiger partial charge in [-0.3, -0.25) is 9.78 Å². The average Bonchev–Trinajstić information content (AvgIpc) is 2.19. The van der Waals surface area contributed by atoms with Gasteiger partial charge in [0, 0.05) is 6.20 Å². The van der Waals surface area contributed by atoms with Crippen molar-refractivity contribution in [3.63, 3.8) is 0 Å². The number of amides is 1. The molecular formula is C10H15N3O. The molecule has 0 unspecified atom stereocenters. The van der Waals surface area contributed by atoms with Gasteiger partial charge in [0.25, 0.3) is 0 Å². The number of aromatic nitrogens is 1. The Bertz CT molecular complexity index is 308. The van der Waals surface area contributed by atoms with E-state index in [0.717, 1.165) is 0 Å². The maximum Gasteiger partial charge on any atom is 0.244 e. The van der Waals surface area contributed by atoms with Crippen molar-refractivity contribution >= 4 is 11.6 Å². The van der Waals surface area contributed by atoms with Gasteiger partial charge in [-0.05, 0) is 33.0 Å². The predicted molar refractivity (Wildman–Crippen MR) is 56.0 cm³/mol. The first-order valence-electron chi connectivity index (χ1n) is 4.46. The van der Waals surface area contributed by atoms with Crippen molar-refractivity contribution in [3.8, 4) is 0 Å². The first kappa shape index (κ1) is 10.7. The molecule has 0 radical (unpaired) electrons. The highest BCUT2D eigenvalue weighted by Gasteiger charge is 2.24. The van der Waals surface area contributed by atoms with Crippen molar-refractivity contribution < 1.29 is 4.79 Å². The molecule has 2 N–H and O–H groups in total. The largest absolute Gasteiger partial charge is 0.323 e. The predicted octanol–water partition coefficient (Wildman–Crippen LogP) is 1.02. The minimum atomic E-state index is -0.574. The Morgan fingerprint density at radius 1 is 1.50 bits per heavy atom. The summed E-state index contributed by atoms with van der Waals surface area (Å²) in [5.41, 5.74) is 0.136. The summed E-state index contributed by atoms with van der Waals surface area (Å²) in [7, 11) is 1.75. The van der Waals surface area contributed by atoms with E-state index in [1.165, 1.54) is 0 Å². The van der Waals surface area contributed by atoms with E-state index >= 15 is 0 Å². The van der Waals surface area contributed by atoms with Crippen LogP contribution in [0, 0.1) is 0 Å². The zero-order valence-electron chi connectivity index (χ0n) is 8.66. The quantitative estimate of drug-likeness (QED) is 0.753. The van der Waals surface area contributed by atoms with Gasteiger partial charge in [-0.1, -0.05) is 0 Å². The van der Waals surface area contributed by atoms with E-state index in [9.17, 15) is 4.79 Å². The number of hydrogen-bond donors (Lipinski definition) is 2. The fourth-order valence-electron chi connectivity index (χ4n) is 0.838. The van der Waals surface area contributed by atoms with Crippen LogP contribution in [0.1, 0.15) is 13.8 Å². The number of carbonyl (C=O) groups excluding carboxylic acids is 1. The van der Waals surface area contributed by atoms with Crippen LogP contribution in [0.5, 0.6) is 0 Å². The molecule has 0 fully saturated rings. The van der Waals surface area contributed by atoms with E-state index in [1.54, 1.807) is 31.6 Å². The van der Waals surface area contributed by atoms with Gasteiger partial charge in [0.2, 0.25) is 5.91 Å². The summed E-state index contributed by atoms with van der Waals surface area (Å²) < 4.78 is 0. The Balaban J connectivity index is 2.67. The second-order valence-corrected chi connectivity index (χ2v) is 3.57. The minimum absolute atomic E-state index is 0.0759. The van der Waals surface area contributed by atoms with E-state index in [1.807, 2.05) is 13.8 Å². The highest BCUT2D eigenvalue weighted by molar-refractivity contribution is 5.97. The van der Waals surface area contributed by atoms with Crippen molar-refractivity contribution in [2.45, 2.75) is 19.4 Å². The number of rotatable bonds is 3. The van der Waals surface area contributed by atoms with Crippen LogP contribution in [0.25, 0.3) is 0 Å². The van der Waals surface area contributed by atoms with Gasteiger partial charge in [0.1, 0.15) is 0 Å². The number of pyridine rings is 1. The lowest BCUT2D eigenvalue weighted by Gasteiger charge is -2.22. The molecule has 1 aromatic heterocycles. The molecule has 0 saturated heterocycles. The molecular weight excluding hydrogens is 178 g/mol. The van der Waals surface area contributed by atoms with Crippen LogP contribution in [-0.2, 0) is 4.79 Å². The van der Waals surface area contributed by atoms with Crippen LogP contribution in [-0.4, -0.2) is 23.5 Å². The normalized spacial score (nSPS) is 11.1. The third kappa shape index (κ3) is 2.53. The van der Waals surface area contributed by atoms with Crippen LogP contribution in [0.3, 0.4) is 0 Å². The Labute approximate surface area is 83.7 Å². The molecule has 76 valence electrons. The zero-order chi connectivity index (χ0) is 10.6. The fraction of sp³-hybridized carbons (Fsp3) is 0.400. The molecule has 0 bridgehead atoms. The molecule has 1 rings (SSSR count). The molecule has 0 aliphatic carbocycles. The second kappa shape index (κ2) is 4.19. The van der Waals surface area contributed by atoms with E-state index in [0.29, 0.717) is 5.69 Å². The van der Waals surface area contributed by atoms with E-state index in [-0.39, 0.29) is 5.91 Å². The maximum atomic E-state index is 11.7. The third-order valence-corrected chi connectivity index (χ3v) is 2.11. The van der Waals surface area contributed by atoms with E-state index in [2.05, 4.69) is 15.6 Å². The topological polar surface area (TPSA) is 54.0 Å². The second-order valence-electron chi connectivity index (χ2n) is 3.57. The SMILES string of the molecule is CNC(C)(C)C(=O)Nc1cccnc1. The van der Waals surface area contributed by atoms with E-state index < -0.39 is 5.54 Å². The molecule has 0 aliphatic heterocycles. The molecule has 0 atom stereocenters. The molecule has 1 amide bonds. The van der Waals surface area contributed by atoms with Crippen LogP contribution in [0.15, 0.2) is 24.5 Å². The summed E-state index contributed by atoms with van der Waals surface area (Å²) in [6.45, 7) is 3.64. The van der Waals surface area contributed by atoms with Crippen molar-refractivity contribution in [3.05, 3.63) is 24.5 Å². The van der Waals surface area contributed by atoms with Crippen LogP contribution in [0.4, 0.5) is 5.69 Å². The van der Waals surface area contributed by atoms with Crippen LogP contribution < -0.4 is 10.6 Å². The average molecular weight is 193 g/mol.